The number of hydrogen-bond donors (Lipinski definition) is 0. The second-order valence-electron chi connectivity index (χ2n) is 3.85. The molecule has 92 valence electrons. The Morgan fingerprint density at radius 3 is 2.33 bits per heavy atom. The molecule has 1 atom stereocenters. The van der Waals surface area contributed by atoms with Crippen molar-refractivity contribution in [3.63, 3.8) is 0 Å². The fourth-order valence-electron chi connectivity index (χ4n) is 1.33. The molecule has 15 heavy (non-hydrogen) atoms. The first-order valence-corrected chi connectivity index (χ1v) is 7.18. The van der Waals surface area contributed by atoms with Gasteiger partial charge >= 0.3 is 0 Å². The molecule has 0 fully saturated rings. The molecule has 0 saturated heterocycles. The highest BCUT2D eigenvalue weighted by atomic mass is 79.9. The van der Waals surface area contributed by atoms with Gasteiger partial charge in [0.15, 0.2) is 0 Å². The highest BCUT2D eigenvalue weighted by molar-refractivity contribution is 9.09. The molecule has 2 nitrogen and oxygen atoms in total. The Balaban J connectivity index is 3.14. The normalized spacial score (nSPS) is 13.0. The molecule has 0 bridgehead atoms. The molecule has 0 radical (unpaired) electrons. The maximum Gasteiger partial charge on any atom is 0.0700 e. The monoisotopic (exact) mass is 280 g/mol. The minimum absolute atomic E-state index is 0.658. The molecule has 1 unspecified atom stereocenters. The van der Waals surface area contributed by atoms with Crippen molar-refractivity contribution >= 4 is 15.9 Å². The van der Waals surface area contributed by atoms with Crippen LogP contribution in [0, 0.1) is 5.92 Å². The summed E-state index contributed by atoms with van der Waals surface area (Å²) < 4.78 is 11.0. The largest absolute Gasteiger partial charge is 0.379 e. The molecular formula is C12H25BrO2. The van der Waals surface area contributed by atoms with Crippen molar-refractivity contribution < 1.29 is 9.47 Å². The minimum Gasteiger partial charge on any atom is -0.379 e. The van der Waals surface area contributed by atoms with Gasteiger partial charge < -0.3 is 9.47 Å². The Hall–Kier alpha value is 0.400. The van der Waals surface area contributed by atoms with Crippen LogP contribution >= 0.6 is 15.9 Å². The van der Waals surface area contributed by atoms with Gasteiger partial charge in [-0.25, -0.2) is 0 Å². The van der Waals surface area contributed by atoms with E-state index >= 15 is 0 Å². The number of halogens is 1. The first-order chi connectivity index (χ1) is 7.35. The second kappa shape index (κ2) is 12.5. The summed E-state index contributed by atoms with van der Waals surface area (Å²) in [5.74, 6) is 0.658. The Labute approximate surface area is 103 Å². The third kappa shape index (κ3) is 10.7. The van der Waals surface area contributed by atoms with Crippen molar-refractivity contribution in [2.24, 2.45) is 5.92 Å². The summed E-state index contributed by atoms with van der Waals surface area (Å²) in [7, 11) is 0. The van der Waals surface area contributed by atoms with E-state index in [1.807, 2.05) is 0 Å². The van der Waals surface area contributed by atoms with Gasteiger partial charge in [0, 0.05) is 11.9 Å². The van der Waals surface area contributed by atoms with Gasteiger partial charge in [-0.15, -0.1) is 0 Å². The van der Waals surface area contributed by atoms with Crippen LogP contribution < -0.4 is 0 Å². The highest BCUT2D eigenvalue weighted by Gasteiger charge is 2.05. The van der Waals surface area contributed by atoms with Crippen LogP contribution in [0.1, 0.15) is 39.5 Å². The number of rotatable bonds is 11. The zero-order valence-electron chi connectivity index (χ0n) is 10.1. The van der Waals surface area contributed by atoms with E-state index in [-0.39, 0.29) is 0 Å². The highest BCUT2D eigenvalue weighted by Crippen LogP contribution is 2.09. The first kappa shape index (κ1) is 15.4. The molecule has 0 spiro atoms. The summed E-state index contributed by atoms with van der Waals surface area (Å²) in [4.78, 5) is 0. The molecule has 0 amide bonds. The lowest BCUT2D eigenvalue weighted by molar-refractivity contribution is 0.0344. The molecule has 0 aliphatic rings. The van der Waals surface area contributed by atoms with Crippen LogP contribution in [0.3, 0.4) is 0 Å². The van der Waals surface area contributed by atoms with Crippen molar-refractivity contribution in [1.82, 2.24) is 0 Å². The van der Waals surface area contributed by atoms with Crippen LogP contribution in [0.15, 0.2) is 0 Å². The predicted molar refractivity (Wildman–Crippen MR) is 68.7 cm³/mol. The van der Waals surface area contributed by atoms with Gasteiger partial charge in [0.1, 0.15) is 0 Å². The average Bonchev–Trinajstić information content (AvgIpc) is 2.26. The van der Waals surface area contributed by atoms with Crippen LogP contribution in [0.2, 0.25) is 0 Å². The van der Waals surface area contributed by atoms with Gasteiger partial charge in [0.05, 0.1) is 19.8 Å². The van der Waals surface area contributed by atoms with Crippen LogP contribution in [0.25, 0.3) is 0 Å². The standard InChI is InChI=1S/C12H25BrO2/c1-3-5-7-14-8-9-15-11-12(10-13)6-4-2/h12H,3-11H2,1-2H3. The van der Waals surface area contributed by atoms with Crippen molar-refractivity contribution in [3.05, 3.63) is 0 Å². The fraction of sp³-hybridized carbons (Fsp3) is 1.00. The van der Waals surface area contributed by atoms with Crippen LogP contribution in [-0.2, 0) is 9.47 Å². The van der Waals surface area contributed by atoms with Gasteiger partial charge in [0.2, 0.25) is 0 Å². The Bertz CT molecular complexity index is 120. The summed E-state index contributed by atoms with van der Waals surface area (Å²) in [5.41, 5.74) is 0. The number of alkyl halides is 1. The van der Waals surface area contributed by atoms with Gasteiger partial charge in [-0.2, -0.15) is 0 Å². The van der Waals surface area contributed by atoms with Gasteiger partial charge in [0.25, 0.3) is 0 Å². The first-order valence-electron chi connectivity index (χ1n) is 6.06. The van der Waals surface area contributed by atoms with E-state index in [0.29, 0.717) is 5.92 Å². The quantitative estimate of drug-likeness (QED) is 0.425. The molecule has 0 aliphatic heterocycles. The van der Waals surface area contributed by atoms with Crippen LogP contribution in [-0.4, -0.2) is 31.8 Å². The van der Waals surface area contributed by atoms with E-state index in [9.17, 15) is 0 Å². The molecule has 0 aromatic rings. The van der Waals surface area contributed by atoms with Gasteiger partial charge in [-0.3, -0.25) is 0 Å². The topological polar surface area (TPSA) is 18.5 Å². The van der Waals surface area contributed by atoms with E-state index in [2.05, 4.69) is 29.8 Å². The van der Waals surface area contributed by atoms with Crippen molar-refractivity contribution in [2.75, 3.05) is 31.8 Å². The smallest absolute Gasteiger partial charge is 0.0700 e. The lowest BCUT2D eigenvalue weighted by atomic mass is 10.1. The van der Waals surface area contributed by atoms with Gasteiger partial charge in [-0.1, -0.05) is 42.6 Å². The van der Waals surface area contributed by atoms with E-state index < -0.39 is 0 Å². The predicted octanol–water partition coefficient (Wildman–Crippen LogP) is 3.63. The molecule has 0 N–H and O–H groups in total. The number of unbranched alkanes of at least 4 members (excludes halogenated alkanes) is 1. The van der Waals surface area contributed by atoms with Gasteiger partial charge in [-0.05, 0) is 18.8 Å². The van der Waals surface area contributed by atoms with Crippen molar-refractivity contribution in [1.29, 1.82) is 0 Å². The minimum atomic E-state index is 0.658. The van der Waals surface area contributed by atoms with E-state index in [0.717, 1.165) is 38.2 Å². The molecule has 0 aliphatic carbocycles. The molecule has 0 rings (SSSR count). The fourth-order valence-corrected chi connectivity index (χ4v) is 1.84. The molecular weight excluding hydrogens is 256 g/mol. The van der Waals surface area contributed by atoms with Crippen LogP contribution in [0.4, 0.5) is 0 Å². The third-order valence-corrected chi connectivity index (χ3v) is 3.20. The van der Waals surface area contributed by atoms with Crippen molar-refractivity contribution in [3.8, 4) is 0 Å². The summed E-state index contributed by atoms with van der Waals surface area (Å²) in [6.07, 6.45) is 4.82. The van der Waals surface area contributed by atoms with Crippen molar-refractivity contribution in [2.45, 2.75) is 39.5 Å². The molecule has 0 aromatic carbocycles. The second-order valence-corrected chi connectivity index (χ2v) is 4.50. The number of hydrogen-bond acceptors (Lipinski definition) is 2. The lowest BCUT2D eigenvalue weighted by Crippen LogP contribution is -2.14. The third-order valence-electron chi connectivity index (χ3n) is 2.28. The zero-order chi connectivity index (χ0) is 11.4. The van der Waals surface area contributed by atoms with E-state index in [1.54, 1.807) is 0 Å². The summed E-state index contributed by atoms with van der Waals surface area (Å²) in [5, 5.41) is 1.04. The Morgan fingerprint density at radius 1 is 1.00 bits per heavy atom. The molecule has 0 heterocycles. The maximum atomic E-state index is 5.56. The maximum absolute atomic E-state index is 5.56. The molecule has 0 aromatic heterocycles. The molecule has 3 heteroatoms. The average molecular weight is 281 g/mol. The summed E-state index contributed by atoms with van der Waals surface area (Å²) >= 11 is 3.51. The Kier molecular flexibility index (Phi) is 12.8. The lowest BCUT2D eigenvalue weighted by Gasteiger charge is -2.13. The summed E-state index contributed by atoms with van der Waals surface area (Å²) in [6.45, 7) is 7.58. The number of ether oxygens (including phenoxy) is 2. The Morgan fingerprint density at radius 2 is 1.73 bits per heavy atom. The van der Waals surface area contributed by atoms with Crippen LogP contribution in [0.5, 0.6) is 0 Å². The molecule has 0 saturated carbocycles. The van der Waals surface area contributed by atoms with E-state index in [4.69, 9.17) is 9.47 Å². The zero-order valence-corrected chi connectivity index (χ0v) is 11.7. The SMILES string of the molecule is CCCCOCCOCC(CBr)CCC. The van der Waals surface area contributed by atoms with E-state index in [1.165, 1.54) is 19.3 Å². The summed E-state index contributed by atoms with van der Waals surface area (Å²) in [6, 6.07) is 0.